The van der Waals surface area contributed by atoms with E-state index < -0.39 is 0 Å². The highest BCUT2D eigenvalue weighted by molar-refractivity contribution is 5.24. The molecular weight excluding hydrogens is 148 g/mol. The van der Waals surface area contributed by atoms with E-state index in [-0.39, 0.29) is 0 Å². The molecule has 0 aromatic heterocycles. The second-order valence-corrected chi connectivity index (χ2v) is 2.96. The van der Waals surface area contributed by atoms with Crippen LogP contribution in [0.3, 0.4) is 0 Å². The Labute approximate surface area is 73.8 Å². The van der Waals surface area contributed by atoms with Crippen LogP contribution in [0, 0.1) is 0 Å². The molecule has 1 aromatic carbocycles. The van der Waals surface area contributed by atoms with Crippen LogP contribution in [0.4, 0.5) is 0 Å². The van der Waals surface area contributed by atoms with Gasteiger partial charge in [-0.2, -0.15) is 0 Å². The Kier molecular flexibility index (Phi) is 3.26. The number of nitrogens with two attached hydrogens (primary N) is 1. The molecule has 3 N–H and O–H groups in total. The lowest BCUT2D eigenvalue weighted by Gasteiger charge is -2.10. The van der Waals surface area contributed by atoms with E-state index in [4.69, 9.17) is 5.73 Å². The van der Waals surface area contributed by atoms with Gasteiger partial charge in [-0.3, -0.25) is 0 Å². The van der Waals surface area contributed by atoms with Gasteiger partial charge in [0.2, 0.25) is 0 Å². The van der Waals surface area contributed by atoms with Crippen molar-refractivity contribution in [2.24, 2.45) is 5.73 Å². The predicted octanol–water partition coefficient (Wildman–Crippen LogP) is 1.43. The standard InChI is InChI=1S/C10H16N2/c1-8(12-2)10-5-3-9(7-11)4-6-10/h3-6,8,12H,7,11H2,1-2H3. The van der Waals surface area contributed by atoms with Crippen LogP contribution in [0.2, 0.25) is 0 Å². The average molecular weight is 164 g/mol. The first-order valence-electron chi connectivity index (χ1n) is 4.24. The molecule has 0 amide bonds. The third-order valence-corrected chi connectivity index (χ3v) is 2.15. The maximum Gasteiger partial charge on any atom is 0.0289 e. The number of hydrogen-bond acceptors (Lipinski definition) is 2. The summed E-state index contributed by atoms with van der Waals surface area (Å²) in [6, 6.07) is 8.79. The van der Waals surface area contributed by atoms with Crippen molar-refractivity contribution in [1.82, 2.24) is 5.32 Å². The van der Waals surface area contributed by atoms with Gasteiger partial charge in [0.1, 0.15) is 0 Å². The lowest BCUT2D eigenvalue weighted by molar-refractivity contribution is 0.652. The second-order valence-electron chi connectivity index (χ2n) is 2.96. The number of nitrogens with one attached hydrogen (secondary N) is 1. The molecule has 0 aliphatic carbocycles. The summed E-state index contributed by atoms with van der Waals surface area (Å²) in [6.45, 7) is 2.76. The SMILES string of the molecule is CNC(C)c1ccc(CN)cc1. The van der Waals surface area contributed by atoms with E-state index in [2.05, 4.69) is 36.5 Å². The highest BCUT2D eigenvalue weighted by Crippen LogP contribution is 2.11. The van der Waals surface area contributed by atoms with Gasteiger partial charge in [0.25, 0.3) is 0 Å². The fourth-order valence-electron chi connectivity index (χ4n) is 1.11. The zero-order valence-corrected chi connectivity index (χ0v) is 7.67. The Bertz CT molecular complexity index is 228. The lowest BCUT2D eigenvalue weighted by Crippen LogP contribution is -2.12. The van der Waals surface area contributed by atoms with Gasteiger partial charge in [0.05, 0.1) is 0 Å². The molecule has 1 atom stereocenters. The Morgan fingerprint density at radius 2 is 1.92 bits per heavy atom. The molecule has 2 nitrogen and oxygen atoms in total. The smallest absolute Gasteiger partial charge is 0.0289 e. The monoisotopic (exact) mass is 164 g/mol. The van der Waals surface area contributed by atoms with Crippen molar-refractivity contribution in [2.45, 2.75) is 19.5 Å². The van der Waals surface area contributed by atoms with Crippen molar-refractivity contribution in [1.29, 1.82) is 0 Å². The summed E-state index contributed by atoms with van der Waals surface area (Å²) < 4.78 is 0. The van der Waals surface area contributed by atoms with Gasteiger partial charge in [-0.15, -0.1) is 0 Å². The van der Waals surface area contributed by atoms with Crippen molar-refractivity contribution in [3.63, 3.8) is 0 Å². The molecule has 12 heavy (non-hydrogen) atoms. The molecule has 0 bridgehead atoms. The van der Waals surface area contributed by atoms with Gasteiger partial charge in [0, 0.05) is 12.6 Å². The summed E-state index contributed by atoms with van der Waals surface area (Å²) in [5.74, 6) is 0. The largest absolute Gasteiger partial charge is 0.326 e. The van der Waals surface area contributed by atoms with Crippen LogP contribution in [0.5, 0.6) is 0 Å². The van der Waals surface area contributed by atoms with E-state index >= 15 is 0 Å². The van der Waals surface area contributed by atoms with Gasteiger partial charge in [-0.1, -0.05) is 24.3 Å². The Morgan fingerprint density at radius 3 is 2.33 bits per heavy atom. The quantitative estimate of drug-likeness (QED) is 0.709. The minimum absolute atomic E-state index is 0.414. The first-order chi connectivity index (χ1) is 5.77. The molecule has 1 unspecified atom stereocenters. The van der Waals surface area contributed by atoms with Crippen LogP contribution in [-0.2, 0) is 6.54 Å². The molecule has 0 saturated carbocycles. The number of benzene rings is 1. The molecule has 0 aliphatic heterocycles. The van der Waals surface area contributed by atoms with Gasteiger partial charge >= 0.3 is 0 Å². The summed E-state index contributed by atoms with van der Waals surface area (Å²) in [5.41, 5.74) is 7.98. The molecule has 0 fully saturated rings. The molecule has 1 rings (SSSR count). The fraction of sp³-hybridized carbons (Fsp3) is 0.400. The maximum absolute atomic E-state index is 5.49. The van der Waals surface area contributed by atoms with Crippen LogP contribution in [0.15, 0.2) is 24.3 Å². The lowest BCUT2D eigenvalue weighted by atomic mass is 10.1. The Balaban J connectivity index is 2.77. The minimum Gasteiger partial charge on any atom is -0.326 e. The van der Waals surface area contributed by atoms with E-state index in [1.807, 2.05) is 7.05 Å². The first kappa shape index (κ1) is 9.23. The first-order valence-corrected chi connectivity index (χ1v) is 4.24. The second kappa shape index (κ2) is 4.24. The number of rotatable bonds is 3. The zero-order chi connectivity index (χ0) is 8.97. The van der Waals surface area contributed by atoms with E-state index in [9.17, 15) is 0 Å². The van der Waals surface area contributed by atoms with Crippen molar-refractivity contribution in [3.8, 4) is 0 Å². The van der Waals surface area contributed by atoms with Crippen LogP contribution < -0.4 is 11.1 Å². The summed E-state index contributed by atoms with van der Waals surface area (Å²) in [6.07, 6.45) is 0. The fourth-order valence-corrected chi connectivity index (χ4v) is 1.11. The van der Waals surface area contributed by atoms with Crippen molar-refractivity contribution >= 4 is 0 Å². The molecule has 0 spiro atoms. The highest BCUT2D eigenvalue weighted by Gasteiger charge is 2.00. The molecule has 2 heteroatoms. The molecule has 0 saturated heterocycles. The van der Waals surface area contributed by atoms with Gasteiger partial charge < -0.3 is 11.1 Å². The van der Waals surface area contributed by atoms with Crippen LogP contribution in [-0.4, -0.2) is 7.05 Å². The minimum atomic E-state index is 0.414. The molecular formula is C10H16N2. The Hall–Kier alpha value is -0.860. The van der Waals surface area contributed by atoms with Crippen molar-refractivity contribution in [2.75, 3.05) is 7.05 Å². The molecule has 66 valence electrons. The van der Waals surface area contributed by atoms with E-state index in [1.54, 1.807) is 0 Å². The van der Waals surface area contributed by atoms with E-state index in [0.29, 0.717) is 12.6 Å². The molecule has 1 aromatic rings. The third kappa shape index (κ3) is 2.06. The normalized spacial score (nSPS) is 12.9. The summed E-state index contributed by atoms with van der Waals surface area (Å²) in [7, 11) is 1.96. The van der Waals surface area contributed by atoms with Gasteiger partial charge in [-0.05, 0) is 25.1 Å². The number of hydrogen-bond donors (Lipinski definition) is 2. The predicted molar refractivity (Wildman–Crippen MR) is 51.8 cm³/mol. The topological polar surface area (TPSA) is 38.0 Å². The average Bonchev–Trinajstić information content (AvgIpc) is 2.17. The van der Waals surface area contributed by atoms with E-state index in [1.165, 1.54) is 11.1 Å². The molecule has 0 radical (unpaired) electrons. The van der Waals surface area contributed by atoms with Crippen molar-refractivity contribution < 1.29 is 0 Å². The van der Waals surface area contributed by atoms with Crippen LogP contribution in [0.1, 0.15) is 24.1 Å². The summed E-state index contributed by atoms with van der Waals surface area (Å²) in [5, 5.41) is 3.19. The van der Waals surface area contributed by atoms with Crippen molar-refractivity contribution in [3.05, 3.63) is 35.4 Å². The Morgan fingerprint density at radius 1 is 1.33 bits per heavy atom. The van der Waals surface area contributed by atoms with Gasteiger partial charge in [0.15, 0.2) is 0 Å². The zero-order valence-electron chi connectivity index (χ0n) is 7.67. The summed E-state index contributed by atoms with van der Waals surface area (Å²) >= 11 is 0. The van der Waals surface area contributed by atoms with Gasteiger partial charge in [-0.25, -0.2) is 0 Å². The highest BCUT2D eigenvalue weighted by atomic mass is 14.8. The molecule has 0 aliphatic rings. The summed E-state index contributed by atoms with van der Waals surface area (Å²) in [4.78, 5) is 0. The molecule has 0 heterocycles. The van der Waals surface area contributed by atoms with Crippen LogP contribution in [0.25, 0.3) is 0 Å². The van der Waals surface area contributed by atoms with Crippen LogP contribution >= 0.6 is 0 Å². The van der Waals surface area contributed by atoms with E-state index in [0.717, 1.165) is 0 Å². The third-order valence-electron chi connectivity index (χ3n) is 2.15. The maximum atomic E-state index is 5.49.